The summed E-state index contributed by atoms with van der Waals surface area (Å²) in [5.41, 5.74) is 7.90. The molecule has 0 aromatic carbocycles. The molecule has 3 nitrogen and oxygen atoms in total. The Morgan fingerprint density at radius 3 is 2.69 bits per heavy atom. The minimum atomic E-state index is 0.156. The molecule has 1 atom stereocenters. The van der Waals surface area contributed by atoms with Crippen LogP contribution in [0.4, 0.5) is 5.82 Å². The number of nitrogens with two attached hydrogens (primary N) is 1. The van der Waals surface area contributed by atoms with Gasteiger partial charge in [-0.05, 0) is 32.4 Å². The van der Waals surface area contributed by atoms with Gasteiger partial charge >= 0.3 is 0 Å². The average molecular weight is 179 g/mol. The molecule has 1 unspecified atom stereocenters. The van der Waals surface area contributed by atoms with Gasteiger partial charge in [0.05, 0.1) is 0 Å². The van der Waals surface area contributed by atoms with Crippen LogP contribution in [-0.2, 0) is 0 Å². The number of nitrogens with one attached hydrogen (secondary N) is 1. The predicted octanol–water partition coefficient (Wildman–Crippen LogP) is 1.46. The van der Waals surface area contributed by atoms with Gasteiger partial charge < -0.3 is 11.1 Å². The first kappa shape index (κ1) is 9.99. The van der Waals surface area contributed by atoms with Gasteiger partial charge in [0, 0.05) is 18.3 Å². The van der Waals surface area contributed by atoms with Crippen molar-refractivity contribution < 1.29 is 0 Å². The fourth-order valence-electron chi connectivity index (χ4n) is 0.995. The molecule has 0 bridgehead atoms. The van der Waals surface area contributed by atoms with Gasteiger partial charge in [-0.1, -0.05) is 6.07 Å². The Hall–Kier alpha value is -1.09. The molecule has 0 radical (unpaired) electrons. The summed E-state index contributed by atoms with van der Waals surface area (Å²) in [5.74, 6) is 0.903. The highest BCUT2D eigenvalue weighted by Gasteiger charge is 1.98. The quantitative estimate of drug-likeness (QED) is 0.738. The Morgan fingerprint density at radius 1 is 1.46 bits per heavy atom. The molecule has 3 heteroatoms. The molecule has 0 aliphatic carbocycles. The molecule has 0 aliphatic rings. The van der Waals surface area contributed by atoms with E-state index in [9.17, 15) is 0 Å². The van der Waals surface area contributed by atoms with E-state index < -0.39 is 0 Å². The van der Waals surface area contributed by atoms with Crippen LogP contribution in [0.15, 0.2) is 12.1 Å². The molecule has 0 amide bonds. The van der Waals surface area contributed by atoms with Crippen LogP contribution in [0.5, 0.6) is 0 Å². The van der Waals surface area contributed by atoms with E-state index in [2.05, 4.69) is 23.3 Å². The average Bonchev–Trinajstić information content (AvgIpc) is 2.07. The number of aromatic nitrogens is 1. The van der Waals surface area contributed by atoms with Crippen LogP contribution in [0.1, 0.15) is 18.2 Å². The predicted molar refractivity (Wildman–Crippen MR) is 55.9 cm³/mol. The first-order valence-corrected chi connectivity index (χ1v) is 4.53. The van der Waals surface area contributed by atoms with Crippen LogP contribution < -0.4 is 11.1 Å². The molecule has 0 spiro atoms. The van der Waals surface area contributed by atoms with E-state index in [4.69, 9.17) is 5.73 Å². The summed E-state index contributed by atoms with van der Waals surface area (Å²) in [4.78, 5) is 4.38. The maximum absolute atomic E-state index is 5.62. The Bertz CT molecular complexity index is 281. The van der Waals surface area contributed by atoms with Crippen LogP contribution in [0.25, 0.3) is 0 Å². The van der Waals surface area contributed by atoms with Crippen LogP contribution in [-0.4, -0.2) is 17.6 Å². The van der Waals surface area contributed by atoms with E-state index in [-0.39, 0.29) is 6.04 Å². The molecule has 0 saturated carbocycles. The number of hydrogen-bond donors (Lipinski definition) is 2. The fraction of sp³-hybridized carbons (Fsp3) is 0.500. The van der Waals surface area contributed by atoms with Crippen molar-refractivity contribution >= 4 is 5.82 Å². The lowest BCUT2D eigenvalue weighted by Crippen LogP contribution is -2.25. The zero-order valence-corrected chi connectivity index (χ0v) is 8.46. The fourth-order valence-corrected chi connectivity index (χ4v) is 0.995. The number of hydrogen-bond acceptors (Lipinski definition) is 3. The molecule has 1 heterocycles. The van der Waals surface area contributed by atoms with Crippen molar-refractivity contribution in [3.05, 3.63) is 23.4 Å². The van der Waals surface area contributed by atoms with E-state index >= 15 is 0 Å². The van der Waals surface area contributed by atoms with Crippen molar-refractivity contribution in [2.75, 3.05) is 11.9 Å². The van der Waals surface area contributed by atoms with E-state index in [0.29, 0.717) is 0 Å². The first-order chi connectivity index (χ1) is 6.09. The second kappa shape index (κ2) is 4.23. The van der Waals surface area contributed by atoms with Gasteiger partial charge in [0.2, 0.25) is 0 Å². The molecular weight excluding hydrogens is 162 g/mol. The molecule has 1 aromatic heterocycles. The van der Waals surface area contributed by atoms with Gasteiger partial charge in [0.15, 0.2) is 0 Å². The normalized spacial score (nSPS) is 12.6. The summed E-state index contributed by atoms with van der Waals surface area (Å²) in [6, 6.07) is 4.19. The molecule has 1 aromatic rings. The van der Waals surface area contributed by atoms with Crippen LogP contribution in [0.3, 0.4) is 0 Å². The monoisotopic (exact) mass is 179 g/mol. The zero-order chi connectivity index (χ0) is 9.84. The Kier molecular flexibility index (Phi) is 3.25. The molecule has 72 valence electrons. The van der Waals surface area contributed by atoms with Crippen molar-refractivity contribution in [1.29, 1.82) is 0 Å². The number of nitrogens with zero attached hydrogens (tertiary/aromatic N) is 1. The maximum Gasteiger partial charge on any atom is 0.126 e. The van der Waals surface area contributed by atoms with Gasteiger partial charge in [0.1, 0.15) is 5.82 Å². The van der Waals surface area contributed by atoms with E-state index in [1.165, 1.54) is 5.56 Å². The minimum Gasteiger partial charge on any atom is -0.369 e. The van der Waals surface area contributed by atoms with Crippen LogP contribution in [0.2, 0.25) is 0 Å². The molecule has 0 saturated heterocycles. The third-order valence-electron chi connectivity index (χ3n) is 1.96. The van der Waals surface area contributed by atoms with E-state index in [1.54, 1.807) is 0 Å². The molecule has 13 heavy (non-hydrogen) atoms. The zero-order valence-electron chi connectivity index (χ0n) is 8.46. The largest absolute Gasteiger partial charge is 0.369 e. The van der Waals surface area contributed by atoms with Crippen molar-refractivity contribution in [2.45, 2.75) is 26.8 Å². The SMILES string of the molecule is Cc1ccc(NCC(C)N)nc1C. The van der Waals surface area contributed by atoms with Crippen LogP contribution >= 0.6 is 0 Å². The van der Waals surface area contributed by atoms with Gasteiger partial charge in [-0.3, -0.25) is 0 Å². The first-order valence-electron chi connectivity index (χ1n) is 4.53. The Balaban J connectivity index is 2.63. The summed E-state index contributed by atoms with van der Waals surface area (Å²) in [5, 5.41) is 3.18. The highest BCUT2D eigenvalue weighted by molar-refractivity contribution is 5.38. The van der Waals surface area contributed by atoms with Gasteiger partial charge in [-0.15, -0.1) is 0 Å². The molecule has 0 aliphatic heterocycles. The summed E-state index contributed by atoms with van der Waals surface area (Å²) >= 11 is 0. The maximum atomic E-state index is 5.62. The summed E-state index contributed by atoms with van der Waals surface area (Å²) in [6.07, 6.45) is 0. The van der Waals surface area contributed by atoms with E-state index in [1.807, 2.05) is 19.9 Å². The Morgan fingerprint density at radius 2 is 2.15 bits per heavy atom. The second-order valence-corrected chi connectivity index (χ2v) is 3.46. The third kappa shape index (κ3) is 3.03. The molecular formula is C10H17N3. The topological polar surface area (TPSA) is 50.9 Å². The summed E-state index contributed by atoms with van der Waals surface area (Å²) in [7, 11) is 0. The lowest BCUT2D eigenvalue weighted by Gasteiger charge is -2.09. The van der Waals surface area contributed by atoms with Gasteiger partial charge in [-0.2, -0.15) is 0 Å². The molecule has 3 N–H and O–H groups in total. The highest BCUT2D eigenvalue weighted by Crippen LogP contribution is 2.08. The lowest BCUT2D eigenvalue weighted by molar-refractivity contribution is 0.777. The molecule has 1 rings (SSSR count). The smallest absolute Gasteiger partial charge is 0.126 e. The van der Waals surface area contributed by atoms with Crippen molar-refractivity contribution in [3.63, 3.8) is 0 Å². The summed E-state index contributed by atoms with van der Waals surface area (Å²) < 4.78 is 0. The number of anilines is 1. The van der Waals surface area contributed by atoms with Gasteiger partial charge in [0.25, 0.3) is 0 Å². The Labute approximate surface area is 79.4 Å². The minimum absolute atomic E-state index is 0.156. The number of aryl methyl sites for hydroxylation is 2. The van der Waals surface area contributed by atoms with Crippen molar-refractivity contribution in [1.82, 2.24) is 4.98 Å². The molecule has 0 fully saturated rings. The van der Waals surface area contributed by atoms with E-state index in [0.717, 1.165) is 18.1 Å². The van der Waals surface area contributed by atoms with Gasteiger partial charge in [-0.25, -0.2) is 4.98 Å². The summed E-state index contributed by atoms with van der Waals surface area (Å²) in [6.45, 7) is 6.79. The highest BCUT2D eigenvalue weighted by atomic mass is 15.0. The number of pyridine rings is 1. The third-order valence-corrected chi connectivity index (χ3v) is 1.96. The van der Waals surface area contributed by atoms with Crippen molar-refractivity contribution in [3.8, 4) is 0 Å². The number of rotatable bonds is 3. The van der Waals surface area contributed by atoms with Crippen LogP contribution in [0, 0.1) is 13.8 Å². The second-order valence-electron chi connectivity index (χ2n) is 3.46. The standard InChI is InChI=1S/C10H17N3/c1-7-4-5-10(13-9(7)3)12-6-8(2)11/h4-5,8H,6,11H2,1-3H3,(H,12,13). The van der Waals surface area contributed by atoms with Crippen molar-refractivity contribution in [2.24, 2.45) is 5.73 Å². The lowest BCUT2D eigenvalue weighted by atomic mass is 10.2.